The maximum Gasteiger partial charge on any atom is 0.151 e. The highest BCUT2D eigenvalue weighted by atomic mass is 79.9. The minimum Gasteiger partial charge on any atom is -0.489 e. The van der Waals surface area contributed by atoms with E-state index in [2.05, 4.69) is 15.9 Å². The monoisotopic (exact) mass is 324 g/mol. The zero-order valence-corrected chi connectivity index (χ0v) is 11.7. The van der Waals surface area contributed by atoms with E-state index in [0.717, 1.165) is 16.3 Å². The number of carbonyl (C=O) groups is 1. The average molecular weight is 326 g/mol. The van der Waals surface area contributed by atoms with Gasteiger partial charge < -0.3 is 4.74 Å². The van der Waals surface area contributed by atoms with Crippen LogP contribution in [0.4, 0.5) is 0 Å². The molecule has 0 bridgehead atoms. The molecule has 0 aromatic heterocycles. The van der Waals surface area contributed by atoms with Gasteiger partial charge in [-0.15, -0.1) is 0 Å². The summed E-state index contributed by atoms with van der Waals surface area (Å²) in [7, 11) is 0. The van der Waals surface area contributed by atoms with Crippen molar-refractivity contribution in [2.75, 3.05) is 0 Å². The second-order valence-electron chi connectivity index (χ2n) is 3.72. The van der Waals surface area contributed by atoms with E-state index in [1.54, 1.807) is 12.1 Å². The Morgan fingerprint density at radius 2 is 2.06 bits per heavy atom. The van der Waals surface area contributed by atoms with Gasteiger partial charge in [0, 0.05) is 15.1 Å². The lowest BCUT2D eigenvalue weighted by Crippen LogP contribution is -1.96. The van der Waals surface area contributed by atoms with E-state index >= 15 is 0 Å². The summed E-state index contributed by atoms with van der Waals surface area (Å²) in [6.45, 7) is 0.417. The fraction of sp³-hybridized carbons (Fsp3) is 0.0714. The molecule has 0 aliphatic rings. The summed E-state index contributed by atoms with van der Waals surface area (Å²) >= 11 is 9.18. The second kappa shape index (κ2) is 6.03. The first-order chi connectivity index (χ1) is 8.69. The number of hydrogen-bond acceptors (Lipinski definition) is 2. The van der Waals surface area contributed by atoms with E-state index in [-0.39, 0.29) is 0 Å². The largest absolute Gasteiger partial charge is 0.489 e. The molecule has 0 aliphatic heterocycles. The van der Waals surface area contributed by atoms with Crippen LogP contribution in [0, 0.1) is 0 Å². The van der Waals surface area contributed by atoms with Gasteiger partial charge in [0.05, 0.1) is 0 Å². The topological polar surface area (TPSA) is 26.3 Å². The standard InChI is InChI=1S/C14H10BrClO2/c15-14-5-4-13(7-11(14)8-17)18-9-10-2-1-3-12(16)6-10/h1-8H,9H2. The molecule has 0 N–H and O–H groups in total. The van der Waals surface area contributed by atoms with E-state index in [4.69, 9.17) is 16.3 Å². The first-order valence-corrected chi connectivity index (χ1v) is 6.48. The number of ether oxygens (including phenoxy) is 1. The first-order valence-electron chi connectivity index (χ1n) is 5.31. The lowest BCUT2D eigenvalue weighted by molar-refractivity contribution is 0.112. The molecule has 0 heterocycles. The van der Waals surface area contributed by atoms with Gasteiger partial charge in [-0.05, 0) is 35.9 Å². The van der Waals surface area contributed by atoms with Crippen molar-refractivity contribution in [3.8, 4) is 5.75 Å². The molecule has 2 aromatic rings. The van der Waals surface area contributed by atoms with Crippen LogP contribution in [0.1, 0.15) is 15.9 Å². The van der Waals surface area contributed by atoms with Crippen molar-refractivity contribution in [2.45, 2.75) is 6.61 Å². The Bertz CT molecular complexity index is 569. The Kier molecular flexibility index (Phi) is 4.39. The highest BCUT2D eigenvalue weighted by Gasteiger charge is 2.02. The second-order valence-corrected chi connectivity index (χ2v) is 5.01. The number of benzene rings is 2. The van der Waals surface area contributed by atoms with Crippen LogP contribution in [-0.4, -0.2) is 6.29 Å². The number of hydrogen-bond donors (Lipinski definition) is 0. The smallest absolute Gasteiger partial charge is 0.151 e. The van der Waals surface area contributed by atoms with Crippen molar-refractivity contribution < 1.29 is 9.53 Å². The Labute approximate surface area is 119 Å². The molecule has 2 nitrogen and oxygen atoms in total. The predicted octanol–water partition coefficient (Wildman–Crippen LogP) is 4.49. The van der Waals surface area contributed by atoms with Gasteiger partial charge in [0.15, 0.2) is 6.29 Å². The molecule has 0 spiro atoms. The predicted molar refractivity (Wildman–Crippen MR) is 75.3 cm³/mol. The molecular formula is C14H10BrClO2. The lowest BCUT2D eigenvalue weighted by Gasteiger charge is -2.07. The van der Waals surface area contributed by atoms with Gasteiger partial charge in [0.1, 0.15) is 12.4 Å². The first kappa shape index (κ1) is 13.1. The van der Waals surface area contributed by atoms with Gasteiger partial charge in [-0.3, -0.25) is 4.79 Å². The van der Waals surface area contributed by atoms with Crippen LogP contribution in [0.3, 0.4) is 0 Å². The summed E-state index contributed by atoms with van der Waals surface area (Å²) in [6.07, 6.45) is 0.788. The third kappa shape index (κ3) is 3.34. The van der Waals surface area contributed by atoms with E-state index in [1.165, 1.54) is 0 Å². The molecule has 2 rings (SSSR count). The highest BCUT2D eigenvalue weighted by molar-refractivity contribution is 9.10. The molecule has 92 valence electrons. The molecule has 0 radical (unpaired) electrons. The summed E-state index contributed by atoms with van der Waals surface area (Å²) in [6, 6.07) is 12.8. The SMILES string of the molecule is O=Cc1cc(OCc2cccc(Cl)c2)ccc1Br. The van der Waals surface area contributed by atoms with Crippen molar-refractivity contribution >= 4 is 33.8 Å². The van der Waals surface area contributed by atoms with Gasteiger partial charge in [-0.2, -0.15) is 0 Å². The Hall–Kier alpha value is -1.32. The van der Waals surface area contributed by atoms with Gasteiger partial charge in [0.2, 0.25) is 0 Å². The highest BCUT2D eigenvalue weighted by Crippen LogP contribution is 2.22. The number of carbonyl (C=O) groups excluding carboxylic acids is 1. The van der Waals surface area contributed by atoms with Gasteiger partial charge >= 0.3 is 0 Å². The minimum atomic E-state index is 0.417. The van der Waals surface area contributed by atoms with Crippen LogP contribution < -0.4 is 4.74 Å². The minimum absolute atomic E-state index is 0.417. The van der Waals surface area contributed by atoms with E-state index in [1.807, 2.05) is 30.3 Å². The van der Waals surface area contributed by atoms with E-state index in [0.29, 0.717) is 22.9 Å². The number of aldehydes is 1. The number of halogens is 2. The summed E-state index contributed by atoms with van der Waals surface area (Å²) in [5.41, 5.74) is 1.55. The normalized spacial score (nSPS) is 10.1. The fourth-order valence-electron chi connectivity index (χ4n) is 1.50. The van der Waals surface area contributed by atoms with Crippen LogP contribution >= 0.6 is 27.5 Å². The summed E-state index contributed by atoms with van der Waals surface area (Å²) in [5.74, 6) is 0.653. The van der Waals surface area contributed by atoms with Gasteiger partial charge in [-0.25, -0.2) is 0 Å². The molecule has 2 aromatic carbocycles. The van der Waals surface area contributed by atoms with Crippen LogP contribution in [-0.2, 0) is 6.61 Å². The Morgan fingerprint density at radius 3 is 2.78 bits per heavy atom. The molecule has 0 fully saturated rings. The summed E-state index contributed by atoms with van der Waals surface area (Å²) in [4.78, 5) is 10.8. The van der Waals surface area contributed by atoms with Gasteiger partial charge in [-0.1, -0.05) is 39.7 Å². The maximum atomic E-state index is 10.8. The van der Waals surface area contributed by atoms with Crippen molar-refractivity contribution in [1.82, 2.24) is 0 Å². The van der Waals surface area contributed by atoms with E-state index in [9.17, 15) is 4.79 Å². The van der Waals surface area contributed by atoms with Crippen molar-refractivity contribution in [3.05, 3.63) is 63.1 Å². The fourth-order valence-corrected chi connectivity index (χ4v) is 2.05. The summed E-state index contributed by atoms with van der Waals surface area (Å²) in [5, 5.41) is 0.681. The molecule has 18 heavy (non-hydrogen) atoms. The molecule has 0 saturated carbocycles. The van der Waals surface area contributed by atoms with Gasteiger partial charge in [0.25, 0.3) is 0 Å². The zero-order valence-electron chi connectivity index (χ0n) is 9.40. The molecule has 0 atom stereocenters. The molecule has 0 amide bonds. The van der Waals surface area contributed by atoms with E-state index < -0.39 is 0 Å². The third-order valence-electron chi connectivity index (χ3n) is 2.39. The molecular weight excluding hydrogens is 316 g/mol. The lowest BCUT2D eigenvalue weighted by atomic mass is 10.2. The van der Waals surface area contributed by atoms with Crippen LogP contribution in [0.25, 0.3) is 0 Å². The van der Waals surface area contributed by atoms with Crippen molar-refractivity contribution in [3.63, 3.8) is 0 Å². The zero-order chi connectivity index (χ0) is 13.0. The molecule has 0 aliphatic carbocycles. The van der Waals surface area contributed by atoms with Crippen molar-refractivity contribution in [2.24, 2.45) is 0 Å². The average Bonchev–Trinajstić information content (AvgIpc) is 2.38. The Balaban J connectivity index is 2.08. The maximum absolute atomic E-state index is 10.8. The molecule has 4 heteroatoms. The third-order valence-corrected chi connectivity index (χ3v) is 3.35. The number of rotatable bonds is 4. The summed E-state index contributed by atoms with van der Waals surface area (Å²) < 4.78 is 6.36. The van der Waals surface area contributed by atoms with Crippen molar-refractivity contribution in [1.29, 1.82) is 0 Å². The van der Waals surface area contributed by atoms with Crippen LogP contribution in [0.2, 0.25) is 5.02 Å². The quantitative estimate of drug-likeness (QED) is 0.774. The van der Waals surface area contributed by atoms with Crippen LogP contribution in [0.15, 0.2) is 46.9 Å². The Morgan fingerprint density at radius 1 is 1.22 bits per heavy atom. The molecule has 0 unspecified atom stereocenters. The molecule has 0 saturated heterocycles. The van der Waals surface area contributed by atoms with Crippen LogP contribution in [0.5, 0.6) is 5.75 Å².